The van der Waals surface area contributed by atoms with Gasteiger partial charge in [0.05, 0.1) is 16.1 Å². The molecule has 0 unspecified atom stereocenters. The summed E-state index contributed by atoms with van der Waals surface area (Å²) in [4.78, 5) is 47.3. The minimum absolute atomic E-state index is 0.0352. The summed E-state index contributed by atoms with van der Waals surface area (Å²) in [6.07, 6.45) is 1.07. The van der Waals surface area contributed by atoms with E-state index in [9.17, 15) is 24.5 Å². The van der Waals surface area contributed by atoms with Crippen LogP contribution in [0.15, 0.2) is 18.2 Å². The van der Waals surface area contributed by atoms with Crippen LogP contribution in [0.25, 0.3) is 0 Å². The lowest BCUT2D eigenvalue weighted by molar-refractivity contribution is -0.384. The normalized spacial score (nSPS) is 12.9. The van der Waals surface area contributed by atoms with Gasteiger partial charge in [-0.3, -0.25) is 24.6 Å². The fraction of sp³-hybridized carbons (Fsp3) is 0.438. The third-order valence-corrected chi connectivity index (χ3v) is 3.82. The first kappa shape index (κ1) is 19.3. The maximum absolute atomic E-state index is 12.3. The quantitative estimate of drug-likeness (QED) is 0.290. The molecule has 0 aliphatic carbocycles. The second-order valence-corrected chi connectivity index (χ2v) is 5.63. The summed E-state index contributed by atoms with van der Waals surface area (Å²) in [5.41, 5.74) is -0.0453. The van der Waals surface area contributed by atoms with Gasteiger partial charge in [-0.1, -0.05) is 0 Å². The van der Waals surface area contributed by atoms with Crippen LogP contribution in [0.4, 0.5) is 10.5 Å². The van der Waals surface area contributed by atoms with Gasteiger partial charge >= 0.3 is 6.03 Å². The Balaban J connectivity index is 1.80. The van der Waals surface area contributed by atoms with Crippen molar-refractivity contribution in [1.82, 2.24) is 15.5 Å². The molecular formula is C16H20N4O6. The van der Waals surface area contributed by atoms with Gasteiger partial charge in [-0.15, -0.1) is 0 Å². The van der Waals surface area contributed by atoms with Crippen LogP contribution in [0.5, 0.6) is 0 Å². The number of hydrogen-bond donors (Lipinski definition) is 2. The average molecular weight is 364 g/mol. The van der Waals surface area contributed by atoms with Crippen molar-refractivity contribution < 1.29 is 24.0 Å². The Morgan fingerprint density at radius 1 is 1.15 bits per heavy atom. The molecule has 1 heterocycles. The lowest BCUT2D eigenvalue weighted by atomic mass is 10.1. The molecule has 1 aromatic carbocycles. The van der Waals surface area contributed by atoms with Crippen LogP contribution < -0.4 is 10.6 Å². The van der Waals surface area contributed by atoms with E-state index in [1.807, 2.05) is 0 Å². The van der Waals surface area contributed by atoms with Crippen LogP contribution in [0.3, 0.4) is 0 Å². The molecule has 2 rings (SSSR count). The monoisotopic (exact) mass is 364 g/mol. The Morgan fingerprint density at radius 2 is 1.81 bits per heavy atom. The number of nitro benzene ring substituents is 1. The molecule has 10 heteroatoms. The van der Waals surface area contributed by atoms with Crippen LogP contribution in [0, 0.1) is 10.1 Å². The van der Waals surface area contributed by atoms with E-state index < -0.39 is 16.7 Å². The van der Waals surface area contributed by atoms with Crippen LogP contribution in [-0.4, -0.2) is 61.0 Å². The molecule has 4 amide bonds. The molecule has 0 spiro atoms. The maximum Gasteiger partial charge on any atom is 0.314 e. The molecule has 0 saturated carbocycles. The number of ether oxygens (including phenoxy) is 1. The Morgan fingerprint density at radius 3 is 2.46 bits per heavy atom. The third-order valence-electron chi connectivity index (χ3n) is 3.82. The molecule has 2 N–H and O–H groups in total. The Labute approximate surface area is 149 Å². The van der Waals surface area contributed by atoms with Gasteiger partial charge in [0.25, 0.3) is 17.5 Å². The minimum Gasteiger partial charge on any atom is -0.385 e. The average Bonchev–Trinajstić information content (AvgIpc) is 2.86. The molecule has 26 heavy (non-hydrogen) atoms. The molecule has 1 aromatic rings. The number of fused-ring (bicyclic) bond motifs is 1. The Kier molecular flexibility index (Phi) is 6.61. The molecule has 140 valence electrons. The van der Waals surface area contributed by atoms with Crippen molar-refractivity contribution in [3.63, 3.8) is 0 Å². The zero-order chi connectivity index (χ0) is 19.1. The van der Waals surface area contributed by atoms with Crippen LogP contribution in [0.1, 0.15) is 33.6 Å². The predicted octanol–water partition coefficient (Wildman–Crippen LogP) is 0.917. The summed E-state index contributed by atoms with van der Waals surface area (Å²) < 4.78 is 4.87. The van der Waals surface area contributed by atoms with Crippen molar-refractivity contribution in [2.45, 2.75) is 12.8 Å². The zero-order valence-corrected chi connectivity index (χ0v) is 14.3. The fourth-order valence-electron chi connectivity index (χ4n) is 2.52. The largest absolute Gasteiger partial charge is 0.385 e. The smallest absolute Gasteiger partial charge is 0.314 e. The number of non-ortho nitro benzene ring substituents is 1. The first-order valence-corrected chi connectivity index (χ1v) is 8.11. The maximum atomic E-state index is 12.3. The molecule has 10 nitrogen and oxygen atoms in total. The Bertz CT molecular complexity index is 721. The molecule has 0 fully saturated rings. The molecule has 1 aliphatic heterocycles. The van der Waals surface area contributed by atoms with E-state index in [4.69, 9.17) is 4.74 Å². The summed E-state index contributed by atoms with van der Waals surface area (Å²) in [6.45, 7) is 1.43. The first-order valence-electron chi connectivity index (χ1n) is 8.11. The zero-order valence-electron chi connectivity index (χ0n) is 14.3. The summed E-state index contributed by atoms with van der Waals surface area (Å²) in [5, 5.41) is 16.1. The van der Waals surface area contributed by atoms with Crippen LogP contribution in [0.2, 0.25) is 0 Å². The lowest BCUT2D eigenvalue weighted by Crippen LogP contribution is -2.38. The van der Waals surface area contributed by atoms with Gasteiger partial charge < -0.3 is 15.4 Å². The summed E-state index contributed by atoms with van der Waals surface area (Å²) in [5.74, 6) is -1.04. The number of urea groups is 1. The number of imide groups is 1. The van der Waals surface area contributed by atoms with Gasteiger partial charge in [0.1, 0.15) is 0 Å². The highest BCUT2D eigenvalue weighted by Crippen LogP contribution is 2.26. The van der Waals surface area contributed by atoms with Crippen LogP contribution in [-0.2, 0) is 4.74 Å². The van der Waals surface area contributed by atoms with Gasteiger partial charge in [0.2, 0.25) is 0 Å². The third kappa shape index (κ3) is 4.54. The van der Waals surface area contributed by atoms with Gasteiger partial charge in [0.15, 0.2) is 0 Å². The molecule has 0 bridgehead atoms. The van der Waals surface area contributed by atoms with Gasteiger partial charge in [-0.05, 0) is 18.9 Å². The van der Waals surface area contributed by atoms with Crippen molar-refractivity contribution in [2.24, 2.45) is 0 Å². The highest BCUT2D eigenvalue weighted by Gasteiger charge is 2.36. The molecule has 0 aromatic heterocycles. The van der Waals surface area contributed by atoms with Crippen molar-refractivity contribution in [3.05, 3.63) is 39.4 Å². The summed E-state index contributed by atoms with van der Waals surface area (Å²) in [7, 11) is 1.58. The van der Waals surface area contributed by atoms with Crippen molar-refractivity contribution in [2.75, 3.05) is 33.4 Å². The second kappa shape index (κ2) is 8.90. The topological polar surface area (TPSA) is 131 Å². The van der Waals surface area contributed by atoms with E-state index >= 15 is 0 Å². The number of nitrogens with zero attached hydrogens (tertiary/aromatic N) is 2. The number of nitro groups is 1. The van der Waals surface area contributed by atoms with Gasteiger partial charge in [0, 0.05) is 45.5 Å². The number of carbonyl (C=O) groups is 3. The number of amides is 4. The lowest BCUT2D eigenvalue weighted by Gasteiger charge is -2.14. The number of methoxy groups -OCH3 is 1. The van der Waals surface area contributed by atoms with E-state index in [1.54, 1.807) is 7.11 Å². The molecule has 0 atom stereocenters. The van der Waals surface area contributed by atoms with E-state index in [-0.39, 0.29) is 35.9 Å². The molecule has 0 radical (unpaired) electrons. The standard InChI is InChI=1S/C16H20N4O6/c1-26-9-3-7-18-16(23)17-6-2-8-19-14(21)12-5-4-11(20(24)25)10-13(12)15(19)22/h4-5,10H,2-3,6-9H2,1H3,(H2,17,18,23). The number of hydrogen-bond acceptors (Lipinski definition) is 6. The number of rotatable bonds is 9. The van der Waals surface area contributed by atoms with Gasteiger partial charge in [-0.2, -0.15) is 0 Å². The predicted molar refractivity (Wildman–Crippen MR) is 91.0 cm³/mol. The van der Waals surface area contributed by atoms with E-state index in [1.165, 1.54) is 12.1 Å². The van der Waals surface area contributed by atoms with Crippen molar-refractivity contribution >= 4 is 23.5 Å². The minimum atomic E-state index is -0.615. The SMILES string of the molecule is COCCCNC(=O)NCCCN1C(=O)c2ccc([N+](=O)[O-])cc2C1=O. The number of nitrogens with one attached hydrogen (secondary N) is 2. The fourth-order valence-corrected chi connectivity index (χ4v) is 2.52. The van der Waals surface area contributed by atoms with Crippen molar-refractivity contribution in [3.8, 4) is 0 Å². The number of carbonyl (C=O) groups excluding carboxylic acids is 3. The molecule has 0 saturated heterocycles. The van der Waals surface area contributed by atoms with E-state index in [0.29, 0.717) is 26.0 Å². The molecular weight excluding hydrogens is 344 g/mol. The van der Waals surface area contributed by atoms with Crippen LogP contribution >= 0.6 is 0 Å². The first-order chi connectivity index (χ1) is 12.5. The van der Waals surface area contributed by atoms with E-state index in [0.717, 1.165) is 11.0 Å². The van der Waals surface area contributed by atoms with Gasteiger partial charge in [-0.25, -0.2) is 4.79 Å². The summed E-state index contributed by atoms with van der Waals surface area (Å²) >= 11 is 0. The summed E-state index contributed by atoms with van der Waals surface area (Å²) in [6, 6.07) is 3.27. The van der Waals surface area contributed by atoms with E-state index in [2.05, 4.69) is 10.6 Å². The highest BCUT2D eigenvalue weighted by atomic mass is 16.6. The Hall–Kier alpha value is -3.01. The molecule has 1 aliphatic rings. The van der Waals surface area contributed by atoms with Crippen molar-refractivity contribution in [1.29, 1.82) is 0 Å². The number of benzene rings is 1. The second-order valence-electron chi connectivity index (χ2n) is 5.63. The highest BCUT2D eigenvalue weighted by molar-refractivity contribution is 6.21.